The van der Waals surface area contributed by atoms with Crippen molar-refractivity contribution in [3.05, 3.63) is 34.3 Å². The average molecular weight is 558 g/mol. The first-order valence-electron chi connectivity index (χ1n) is 10.8. The zero-order valence-electron chi connectivity index (χ0n) is 18.0. The molecular formula is C22H32IN5O2S. The molecule has 1 aromatic heterocycles. The lowest BCUT2D eigenvalue weighted by molar-refractivity contribution is 0.179. The van der Waals surface area contributed by atoms with E-state index in [4.69, 9.17) is 15.2 Å². The molecule has 0 radical (unpaired) electrons. The van der Waals surface area contributed by atoms with Crippen LogP contribution in [0.5, 0.6) is 11.5 Å². The van der Waals surface area contributed by atoms with Crippen LogP contribution in [0.2, 0.25) is 0 Å². The van der Waals surface area contributed by atoms with Gasteiger partial charge in [-0.1, -0.05) is 6.92 Å². The molecule has 1 fully saturated rings. The van der Waals surface area contributed by atoms with Crippen LogP contribution in [0.4, 0.5) is 5.69 Å². The second-order valence-corrected chi connectivity index (χ2v) is 8.81. The maximum atomic E-state index is 6.12. The Morgan fingerprint density at radius 3 is 2.77 bits per heavy atom. The van der Waals surface area contributed by atoms with Crippen molar-refractivity contribution in [1.29, 1.82) is 0 Å². The van der Waals surface area contributed by atoms with Gasteiger partial charge in [-0.15, -0.1) is 35.3 Å². The fourth-order valence-electron chi connectivity index (χ4n) is 3.80. The number of hydrogen-bond donors (Lipinski definition) is 2. The predicted octanol–water partition coefficient (Wildman–Crippen LogP) is 4.12. The number of nitrogens with two attached hydrogens (primary N) is 1. The molecule has 0 atom stereocenters. The third-order valence-corrected chi connectivity index (χ3v) is 6.58. The van der Waals surface area contributed by atoms with Crippen LogP contribution in [0, 0.1) is 5.92 Å². The van der Waals surface area contributed by atoms with Gasteiger partial charge in [-0.3, -0.25) is 9.89 Å². The third-order valence-electron chi connectivity index (χ3n) is 5.53. The van der Waals surface area contributed by atoms with Gasteiger partial charge in [-0.2, -0.15) is 0 Å². The van der Waals surface area contributed by atoms with Crippen molar-refractivity contribution >= 4 is 47.0 Å². The van der Waals surface area contributed by atoms with Gasteiger partial charge < -0.3 is 20.5 Å². The van der Waals surface area contributed by atoms with Gasteiger partial charge in [0, 0.05) is 36.6 Å². The molecule has 31 heavy (non-hydrogen) atoms. The number of fused-ring (bicyclic) bond motifs is 1. The highest BCUT2D eigenvalue weighted by Gasteiger charge is 2.20. The standard InChI is InChI=1S/C22H31N5O2S.HI/c1-2-21-25-18(15-30-21)14-27-8-6-16(7-9-27)13-24-22(23)26-17-4-5-19-20(12-17)29-11-3-10-28-19;/h4-5,12,15-16H,2-3,6-11,13-14H2,1H3,(H3,23,24,26);1H. The molecule has 9 heteroatoms. The summed E-state index contributed by atoms with van der Waals surface area (Å²) in [5.41, 5.74) is 8.20. The number of benzene rings is 1. The molecule has 0 spiro atoms. The number of aliphatic imine (C=N–C) groups is 1. The van der Waals surface area contributed by atoms with Gasteiger partial charge in [-0.25, -0.2) is 4.98 Å². The second-order valence-electron chi connectivity index (χ2n) is 7.87. The highest BCUT2D eigenvalue weighted by molar-refractivity contribution is 14.0. The summed E-state index contributed by atoms with van der Waals surface area (Å²) in [4.78, 5) is 11.8. The maximum Gasteiger partial charge on any atom is 0.193 e. The molecule has 4 rings (SSSR count). The predicted molar refractivity (Wildman–Crippen MR) is 137 cm³/mol. The molecule has 170 valence electrons. The Kier molecular flexibility index (Phi) is 9.21. The van der Waals surface area contributed by atoms with Crippen LogP contribution in [0.25, 0.3) is 0 Å². The lowest BCUT2D eigenvalue weighted by Crippen LogP contribution is -2.34. The summed E-state index contributed by atoms with van der Waals surface area (Å²) in [6.07, 6.45) is 4.20. The van der Waals surface area contributed by atoms with Crippen molar-refractivity contribution in [2.24, 2.45) is 16.6 Å². The van der Waals surface area contributed by atoms with Gasteiger partial charge in [0.1, 0.15) is 0 Å². The molecule has 0 aliphatic carbocycles. The average Bonchev–Trinajstić information content (AvgIpc) is 3.08. The molecule has 0 bridgehead atoms. The second kappa shape index (κ2) is 11.9. The monoisotopic (exact) mass is 557 g/mol. The fraction of sp³-hybridized carbons (Fsp3) is 0.545. The van der Waals surface area contributed by atoms with Crippen molar-refractivity contribution in [2.75, 3.05) is 38.2 Å². The van der Waals surface area contributed by atoms with E-state index >= 15 is 0 Å². The zero-order valence-corrected chi connectivity index (χ0v) is 21.2. The number of aromatic nitrogens is 1. The molecule has 0 saturated carbocycles. The highest BCUT2D eigenvalue weighted by atomic mass is 127. The van der Waals surface area contributed by atoms with Crippen molar-refractivity contribution in [2.45, 2.75) is 39.2 Å². The Morgan fingerprint density at radius 2 is 2.03 bits per heavy atom. The maximum absolute atomic E-state index is 6.12. The van der Waals surface area contributed by atoms with Crippen molar-refractivity contribution < 1.29 is 9.47 Å². The van der Waals surface area contributed by atoms with Gasteiger partial charge >= 0.3 is 0 Å². The SMILES string of the molecule is CCc1nc(CN2CCC(CN=C(N)Nc3ccc4c(c3)OCCCO4)CC2)cs1.I. The number of thiazole rings is 1. The number of ether oxygens (including phenoxy) is 2. The van der Waals surface area contributed by atoms with Crippen molar-refractivity contribution in [3.63, 3.8) is 0 Å². The van der Waals surface area contributed by atoms with Gasteiger partial charge in [0.2, 0.25) is 0 Å². The topological polar surface area (TPSA) is 85.0 Å². The van der Waals surface area contributed by atoms with Crippen molar-refractivity contribution in [1.82, 2.24) is 9.88 Å². The van der Waals surface area contributed by atoms with E-state index in [9.17, 15) is 0 Å². The molecular weight excluding hydrogens is 525 g/mol. The van der Waals surface area contributed by atoms with Gasteiger partial charge in [0.25, 0.3) is 0 Å². The van der Waals surface area contributed by atoms with E-state index in [1.807, 2.05) is 18.2 Å². The number of rotatable bonds is 6. The molecule has 0 amide bonds. The first-order chi connectivity index (χ1) is 14.7. The Morgan fingerprint density at radius 1 is 1.26 bits per heavy atom. The number of anilines is 1. The summed E-state index contributed by atoms with van der Waals surface area (Å²) in [6, 6.07) is 5.78. The molecule has 1 aromatic carbocycles. The van der Waals surface area contributed by atoms with E-state index in [2.05, 4.69) is 32.5 Å². The quantitative estimate of drug-likeness (QED) is 0.316. The van der Waals surface area contributed by atoms with E-state index in [-0.39, 0.29) is 24.0 Å². The zero-order chi connectivity index (χ0) is 20.8. The van der Waals surface area contributed by atoms with Crippen LogP contribution in [0.3, 0.4) is 0 Å². The fourth-order valence-corrected chi connectivity index (χ4v) is 4.53. The van der Waals surface area contributed by atoms with Gasteiger partial charge in [-0.05, 0) is 50.4 Å². The smallest absolute Gasteiger partial charge is 0.193 e. The first kappa shape index (κ1) is 24.1. The lowest BCUT2D eigenvalue weighted by atomic mass is 9.97. The highest BCUT2D eigenvalue weighted by Crippen LogP contribution is 2.32. The molecule has 2 aromatic rings. The number of likely N-dealkylation sites (tertiary alicyclic amines) is 1. The molecule has 3 heterocycles. The molecule has 7 nitrogen and oxygen atoms in total. The summed E-state index contributed by atoms with van der Waals surface area (Å²) in [5, 5.41) is 6.60. The van der Waals surface area contributed by atoms with Crippen LogP contribution in [-0.2, 0) is 13.0 Å². The summed E-state index contributed by atoms with van der Waals surface area (Å²) < 4.78 is 11.4. The molecule has 1 saturated heterocycles. The Labute approximate surface area is 205 Å². The third kappa shape index (κ3) is 6.95. The number of guanidine groups is 1. The van der Waals surface area contributed by atoms with Crippen LogP contribution in [0.1, 0.15) is 36.9 Å². The molecule has 2 aliphatic heterocycles. The number of hydrogen-bond acceptors (Lipinski definition) is 6. The molecule has 2 aliphatic rings. The Bertz CT molecular complexity index is 867. The number of nitrogens with one attached hydrogen (secondary N) is 1. The summed E-state index contributed by atoms with van der Waals surface area (Å²) in [6.45, 7) is 7.41. The Balaban J connectivity index is 0.00000272. The summed E-state index contributed by atoms with van der Waals surface area (Å²) in [7, 11) is 0. The Hall–Kier alpha value is -1.59. The van der Waals surface area contributed by atoms with Gasteiger partial charge in [0.05, 0.1) is 23.9 Å². The lowest BCUT2D eigenvalue weighted by Gasteiger charge is -2.30. The molecule has 0 unspecified atom stereocenters. The molecule has 3 N–H and O–H groups in total. The summed E-state index contributed by atoms with van der Waals surface area (Å²) >= 11 is 1.77. The number of piperidine rings is 1. The van der Waals surface area contributed by atoms with E-state index in [1.165, 1.54) is 10.7 Å². The minimum absolute atomic E-state index is 0. The summed E-state index contributed by atoms with van der Waals surface area (Å²) in [5.74, 6) is 2.56. The van der Waals surface area contributed by atoms with Crippen molar-refractivity contribution in [3.8, 4) is 11.5 Å². The van der Waals surface area contributed by atoms with Crippen LogP contribution in [-0.4, -0.2) is 48.7 Å². The minimum atomic E-state index is 0. The van der Waals surface area contributed by atoms with Crippen LogP contribution in [0.15, 0.2) is 28.6 Å². The van der Waals surface area contributed by atoms with E-state index < -0.39 is 0 Å². The first-order valence-corrected chi connectivity index (χ1v) is 11.7. The van der Waals surface area contributed by atoms with E-state index in [0.29, 0.717) is 25.1 Å². The van der Waals surface area contributed by atoms with E-state index in [1.54, 1.807) is 11.3 Å². The number of halogens is 1. The van der Waals surface area contributed by atoms with Gasteiger partial charge in [0.15, 0.2) is 17.5 Å². The van der Waals surface area contributed by atoms with E-state index in [0.717, 1.165) is 69.0 Å². The normalized spacial score (nSPS) is 17.6. The van der Waals surface area contributed by atoms with Crippen LogP contribution < -0.4 is 20.5 Å². The minimum Gasteiger partial charge on any atom is -0.490 e. The number of nitrogens with zero attached hydrogens (tertiary/aromatic N) is 3. The van der Waals surface area contributed by atoms with Crippen LogP contribution >= 0.6 is 35.3 Å². The largest absolute Gasteiger partial charge is 0.490 e. The number of aryl methyl sites for hydroxylation is 1.